The number of rotatable bonds is 8. The van der Waals surface area contributed by atoms with E-state index in [2.05, 4.69) is 10.6 Å². The summed E-state index contributed by atoms with van der Waals surface area (Å²) in [4.78, 5) is 28.5. The molecule has 0 aliphatic carbocycles. The molecule has 2 N–H and O–H groups in total. The summed E-state index contributed by atoms with van der Waals surface area (Å²) >= 11 is 0. The Morgan fingerprint density at radius 3 is 2.21 bits per heavy atom. The number of hydrogen-bond donors (Lipinski definition) is 2. The van der Waals surface area contributed by atoms with Crippen LogP contribution in [0.15, 0.2) is 72.8 Å². The number of aryl methyl sites for hydroxylation is 3. The van der Waals surface area contributed by atoms with Crippen molar-refractivity contribution in [2.24, 2.45) is 5.92 Å². The van der Waals surface area contributed by atoms with E-state index >= 15 is 0 Å². The first-order chi connectivity index (χ1) is 18.7. The van der Waals surface area contributed by atoms with Crippen molar-refractivity contribution < 1.29 is 9.59 Å². The molecule has 3 aromatic carbocycles. The van der Waals surface area contributed by atoms with E-state index in [4.69, 9.17) is 5.10 Å². The van der Waals surface area contributed by atoms with E-state index in [1.54, 1.807) is 9.58 Å². The minimum atomic E-state index is -0.306. The molecule has 0 spiro atoms. The lowest BCUT2D eigenvalue weighted by atomic mass is 10.1. The molecule has 0 aliphatic rings. The standard InChI is InChI=1S/C32H37N5O2/c1-21(2)19-36(32(39)33-27-17-12-14-22(3)24(27)5)20-29(38)34-31-30(26-15-8-7-9-16-26)25(6)35-37(31)28-18-11-10-13-23(28)4/h7-18,21H,19-20H2,1-6H3,(H,33,39)(H,34,38). The zero-order chi connectivity index (χ0) is 28.1. The number of amides is 3. The van der Waals surface area contributed by atoms with Crippen molar-refractivity contribution in [2.75, 3.05) is 23.7 Å². The van der Waals surface area contributed by atoms with Gasteiger partial charge in [-0.3, -0.25) is 4.79 Å². The summed E-state index contributed by atoms with van der Waals surface area (Å²) < 4.78 is 1.79. The fraction of sp³-hybridized carbons (Fsp3) is 0.281. The van der Waals surface area contributed by atoms with Gasteiger partial charge in [-0.25, -0.2) is 9.48 Å². The molecule has 0 unspecified atom stereocenters. The normalized spacial score (nSPS) is 10.9. The number of nitrogens with zero attached hydrogens (tertiary/aromatic N) is 3. The maximum atomic E-state index is 13.6. The molecular weight excluding hydrogens is 486 g/mol. The molecule has 1 heterocycles. The van der Waals surface area contributed by atoms with Gasteiger partial charge >= 0.3 is 6.03 Å². The lowest BCUT2D eigenvalue weighted by Crippen LogP contribution is -2.42. The molecule has 4 rings (SSSR count). The SMILES string of the molecule is Cc1ccccc1-n1nc(C)c(-c2ccccc2)c1NC(=O)CN(CC(C)C)C(=O)Nc1cccc(C)c1C. The van der Waals surface area contributed by atoms with Crippen LogP contribution < -0.4 is 10.6 Å². The fourth-order valence-corrected chi connectivity index (χ4v) is 4.65. The molecule has 0 saturated carbocycles. The highest BCUT2D eigenvalue weighted by molar-refractivity contribution is 5.99. The number of para-hydroxylation sites is 1. The Bertz CT molecular complexity index is 1470. The second-order valence-corrected chi connectivity index (χ2v) is 10.4. The van der Waals surface area contributed by atoms with Gasteiger partial charge in [-0.05, 0) is 68.0 Å². The number of nitrogens with one attached hydrogen (secondary N) is 2. The van der Waals surface area contributed by atoms with Crippen LogP contribution in [0, 0.1) is 33.6 Å². The van der Waals surface area contributed by atoms with Crippen LogP contribution in [0.25, 0.3) is 16.8 Å². The van der Waals surface area contributed by atoms with E-state index in [-0.39, 0.29) is 24.4 Å². The van der Waals surface area contributed by atoms with Crippen LogP contribution in [0.1, 0.15) is 36.2 Å². The third-order valence-corrected chi connectivity index (χ3v) is 6.78. The summed E-state index contributed by atoms with van der Waals surface area (Å²) in [5, 5.41) is 10.9. The van der Waals surface area contributed by atoms with Gasteiger partial charge in [0.2, 0.25) is 5.91 Å². The first-order valence-corrected chi connectivity index (χ1v) is 13.3. The predicted molar refractivity (Wildman–Crippen MR) is 158 cm³/mol. The van der Waals surface area contributed by atoms with Crippen LogP contribution in [0.5, 0.6) is 0 Å². The van der Waals surface area contributed by atoms with Gasteiger partial charge in [0.15, 0.2) is 0 Å². The number of carbonyl (C=O) groups excluding carboxylic acids is 2. The highest BCUT2D eigenvalue weighted by Crippen LogP contribution is 2.34. The summed E-state index contributed by atoms with van der Waals surface area (Å²) in [6, 6.07) is 23.3. The fourth-order valence-electron chi connectivity index (χ4n) is 4.65. The Labute approximate surface area is 230 Å². The maximum Gasteiger partial charge on any atom is 0.322 e. The number of urea groups is 1. The first kappa shape index (κ1) is 27.6. The lowest BCUT2D eigenvalue weighted by Gasteiger charge is -2.25. The third-order valence-electron chi connectivity index (χ3n) is 6.78. The molecule has 4 aromatic rings. The summed E-state index contributed by atoms with van der Waals surface area (Å²) in [7, 11) is 0. The van der Waals surface area contributed by atoms with Gasteiger partial charge in [0, 0.05) is 17.8 Å². The van der Waals surface area contributed by atoms with Gasteiger partial charge in [0.25, 0.3) is 0 Å². The quantitative estimate of drug-likeness (QED) is 0.264. The van der Waals surface area contributed by atoms with Gasteiger partial charge in [-0.1, -0.05) is 74.5 Å². The molecule has 0 saturated heterocycles. The molecule has 0 aliphatic heterocycles. The second kappa shape index (κ2) is 12.0. The maximum absolute atomic E-state index is 13.6. The van der Waals surface area contributed by atoms with Crippen LogP contribution in [-0.4, -0.2) is 39.7 Å². The minimum absolute atomic E-state index is 0.0961. The van der Waals surface area contributed by atoms with Gasteiger partial charge in [0.05, 0.1) is 11.4 Å². The van der Waals surface area contributed by atoms with Crippen molar-refractivity contribution >= 4 is 23.4 Å². The largest absolute Gasteiger partial charge is 0.322 e. The molecule has 7 heteroatoms. The van der Waals surface area contributed by atoms with E-state index in [1.807, 2.05) is 114 Å². The van der Waals surface area contributed by atoms with Gasteiger partial charge < -0.3 is 15.5 Å². The van der Waals surface area contributed by atoms with Crippen LogP contribution in [0.2, 0.25) is 0 Å². The number of anilines is 2. The average Bonchev–Trinajstić information content (AvgIpc) is 3.21. The summed E-state index contributed by atoms with van der Waals surface area (Å²) in [6.07, 6.45) is 0. The third kappa shape index (κ3) is 6.37. The highest BCUT2D eigenvalue weighted by Gasteiger charge is 2.24. The summed E-state index contributed by atoms with van der Waals surface area (Å²) in [5.74, 6) is 0.470. The number of aromatic nitrogens is 2. The summed E-state index contributed by atoms with van der Waals surface area (Å²) in [6.45, 7) is 12.3. The van der Waals surface area contributed by atoms with E-state index in [0.717, 1.165) is 44.9 Å². The molecule has 0 radical (unpaired) electrons. The van der Waals surface area contributed by atoms with Crippen molar-refractivity contribution in [1.29, 1.82) is 0 Å². The highest BCUT2D eigenvalue weighted by atomic mass is 16.2. The monoisotopic (exact) mass is 523 g/mol. The molecule has 1 aromatic heterocycles. The van der Waals surface area contributed by atoms with E-state index in [0.29, 0.717) is 12.4 Å². The van der Waals surface area contributed by atoms with E-state index in [9.17, 15) is 9.59 Å². The molecule has 39 heavy (non-hydrogen) atoms. The van der Waals surface area contributed by atoms with Crippen molar-refractivity contribution in [3.63, 3.8) is 0 Å². The average molecular weight is 524 g/mol. The Kier molecular flexibility index (Phi) is 8.49. The molecule has 3 amide bonds. The molecular formula is C32H37N5O2. The molecule has 202 valence electrons. The number of benzene rings is 3. The zero-order valence-corrected chi connectivity index (χ0v) is 23.6. The minimum Gasteiger partial charge on any atom is -0.315 e. The van der Waals surface area contributed by atoms with Gasteiger partial charge in [0.1, 0.15) is 12.4 Å². The van der Waals surface area contributed by atoms with Crippen LogP contribution in [0.3, 0.4) is 0 Å². The van der Waals surface area contributed by atoms with Gasteiger partial charge in [-0.2, -0.15) is 5.10 Å². The Balaban J connectivity index is 1.66. The lowest BCUT2D eigenvalue weighted by molar-refractivity contribution is -0.116. The Hall–Kier alpha value is -4.39. The Morgan fingerprint density at radius 1 is 0.846 bits per heavy atom. The number of hydrogen-bond acceptors (Lipinski definition) is 3. The number of carbonyl (C=O) groups is 2. The smallest absolute Gasteiger partial charge is 0.315 e. The van der Waals surface area contributed by atoms with Gasteiger partial charge in [-0.15, -0.1) is 0 Å². The molecule has 0 atom stereocenters. The van der Waals surface area contributed by atoms with E-state index in [1.165, 1.54) is 0 Å². The van der Waals surface area contributed by atoms with Crippen LogP contribution in [-0.2, 0) is 4.79 Å². The van der Waals surface area contributed by atoms with E-state index < -0.39 is 0 Å². The first-order valence-electron chi connectivity index (χ1n) is 13.3. The van der Waals surface area contributed by atoms with Crippen LogP contribution >= 0.6 is 0 Å². The zero-order valence-electron chi connectivity index (χ0n) is 23.6. The van der Waals surface area contributed by atoms with Crippen LogP contribution in [0.4, 0.5) is 16.3 Å². The van der Waals surface area contributed by atoms with Crippen molar-refractivity contribution in [2.45, 2.75) is 41.5 Å². The summed E-state index contributed by atoms with van der Waals surface area (Å²) in [5.41, 5.74) is 7.35. The molecule has 0 fully saturated rings. The molecule has 7 nitrogen and oxygen atoms in total. The van der Waals surface area contributed by atoms with Crippen molar-refractivity contribution in [3.8, 4) is 16.8 Å². The van der Waals surface area contributed by atoms with Crippen molar-refractivity contribution in [1.82, 2.24) is 14.7 Å². The molecule has 0 bridgehead atoms. The predicted octanol–water partition coefficient (Wildman–Crippen LogP) is 6.90. The Morgan fingerprint density at radius 2 is 1.51 bits per heavy atom. The topological polar surface area (TPSA) is 79.3 Å². The second-order valence-electron chi connectivity index (χ2n) is 10.4. The van der Waals surface area contributed by atoms with Crippen molar-refractivity contribution in [3.05, 3.63) is 95.2 Å².